The van der Waals surface area contributed by atoms with E-state index >= 15 is 0 Å². The van der Waals surface area contributed by atoms with Crippen LogP contribution in [0.2, 0.25) is 0 Å². The summed E-state index contributed by atoms with van der Waals surface area (Å²) in [6.07, 6.45) is 7.77. The van der Waals surface area contributed by atoms with Crippen LogP contribution in [0, 0.1) is 23.7 Å². The number of hydrogen-bond donors (Lipinski definition) is 1. The number of rotatable bonds is 1. The summed E-state index contributed by atoms with van der Waals surface area (Å²) in [6.45, 7) is -0.250. The average molecular weight is 240 g/mol. The van der Waals surface area contributed by atoms with E-state index < -0.39 is 0 Å². The van der Waals surface area contributed by atoms with Crippen molar-refractivity contribution in [1.82, 2.24) is 0 Å². The SMILES string of the molecule is C[N+](C)(C)C1CCC2C3CCC(C3)C21.O=CO. The zero-order chi connectivity index (χ0) is 12.6. The quantitative estimate of drug-likeness (QED) is 0.563. The zero-order valence-corrected chi connectivity index (χ0v) is 11.3. The Morgan fingerprint density at radius 2 is 1.65 bits per heavy atom. The number of quaternary nitrogens is 1. The summed E-state index contributed by atoms with van der Waals surface area (Å²) in [5, 5.41) is 6.89. The summed E-state index contributed by atoms with van der Waals surface area (Å²) in [7, 11) is 7.21. The van der Waals surface area contributed by atoms with Crippen LogP contribution >= 0.6 is 0 Å². The van der Waals surface area contributed by atoms with Crippen LogP contribution in [0.25, 0.3) is 0 Å². The third kappa shape index (κ3) is 2.22. The maximum atomic E-state index is 8.36. The number of hydrogen-bond acceptors (Lipinski definition) is 1. The molecule has 5 atom stereocenters. The van der Waals surface area contributed by atoms with Crippen LogP contribution in [0.15, 0.2) is 0 Å². The van der Waals surface area contributed by atoms with Gasteiger partial charge in [0.15, 0.2) is 0 Å². The van der Waals surface area contributed by atoms with Gasteiger partial charge in [0.25, 0.3) is 6.47 Å². The molecule has 0 aliphatic heterocycles. The lowest BCUT2D eigenvalue weighted by Crippen LogP contribution is -2.49. The van der Waals surface area contributed by atoms with Crippen LogP contribution in [-0.4, -0.2) is 43.2 Å². The Bertz CT molecular complexity index is 284. The second-order valence-electron chi connectivity index (χ2n) is 6.94. The van der Waals surface area contributed by atoms with Crippen LogP contribution < -0.4 is 0 Å². The van der Waals surface area contributed by atoms with Crippen LogP contribution in [0.1, 0.15) is 32.1 Å². The zero-order valence-electron chi connectivity index (χ0n) is 11.3. The normalized spacial score (nSPS) is 42.9. The lowest BCUT2D eigenvalue weighted by Gasteiger charge is -2.38. The summed E-state index contributed by atoms with van der Waals surface area (Å²) < 4.78 is 1.21. The van der Waals surface area contributed by atoms with E-state index in [1.165, 1.54) is 10.9 Å². The molecule has 2 bridgehead atoms. The van der Waals surface area contributed by atoms with Gasteiger partial charge in [-0.3, -0.25) is 4.79 Å². The van der Waals surface area contributed by atoms with Crippen molar-refractivity contribution in [2.45, 2.75) is 38.1 Å². The predicted octanol–water partition coefficient (Wildman–Crippen LogP) is 2.22. The summed E-state index contributed by atoms with van der Waals surface area (Å²) in [6, 6.07) is 0.982. The van der Waals surface area contributed by atoms with E-state index in [0.29, 0.717) is 0 Å². The van der Waals surface area contributed by atoms with Gasteiger partial charge in [-0.05, 0) is 43.4 Å². The van der Waals surface area contributed by atoms with Gasteiger partial charge in [-0.2, -0.15) is 0 Å². The van der Waals surface area contributed by atoms with E-state index in [0.717, 1.165) is 29.7 Å². The first-order valence-corrected chi connectivity index (χ1v) is 6.88. The second-order valence-corrected chi connectivity index (χ2v) is 6.94. The van der Waals surface area contributed by atoms with Crippen molar-refractivity contribution in [2.24, 2.45) is 23.7 Å². The molecule has 0 spiro atoms. The van der Waals surface area contributed by atoms with Crippen molar-refractivity contribution in [2.75, 3.05) is 21.1 Å². The van der Waals surface area contributed by atoms with Crippen molar-refractivity contribution in [3.05, 3.63) is 0 Å². The van der Waals surface area contributed by atoms with E-state index in [9.17, 15) is 0 Å². The molecule has 0 amide bonds. The maximum Gasteiger partial charge on any atom is 0.290 e. The average Bonchev–Trinajstić information content (AvgIpc) is 2.90. The molecule has 17 heavy (non-hydrogen) atoms. The fraction of sp³-hybridized carbons (Fsp3) is 0.929. The molecular weight excluding hydrogens is 214 g/mol. The minimum Gasteiger partial charge on any atom is -0.483 e. The van der Waals surface area contributed by atoms with Gasteiger partial charge in [0.2, 0.25) is 0 Å². The van der Waals surface area contributed by atoms with E-state index in [4.69, 9.17) is 9.90 Å². The third-order valence-electron chi connectivity index (χ3n) is 5.39. The van der Waals surface area contributed by atoms with Gasteiger partial charge in [0.05, 0.1) is 27.2 Å². The van der Waals surface area contributed by atoms with Crippen LogP contribution in [-0.2, 0) is 4.79 Å². The molecule has 3 heteroatoms. The maximum absolute atomic E-state index is 8.36. The monoisotopic (exact) mass is 240 g/mol. The van der Waals surface area contributed by atoms with Gasteiger partial charge < -0.3 is 9.59 Å². The molecule has 3 rings (SSSR count). The standard InChI is InChI=1S/C13H24N.CH2O2/c1-14(2,3)12-7-6-11-9-4-5-10(8-9)13(11)12;2-1-3/h9-13H,4-8H2,1-3H3;1H,(H,2,3)/q+1;. The Labute approximate surface area is 104 Å². The van der Waals surface area contributed by atoms with Crippen molar-refractivity contribution < 1.29 is 14.4 Å². The summed E-state index contributed by atoms with van der Waals surface area (Å²) >= 11 is 0. The first-order valence-electron chi connectivity index (χ1n) is 6.88. The van der Waals surface area contributed by atoms with Crippen LogP contribution in [0.3, 0.4) is 0 Å². The number of nitrogens with zero attached hydrogens (tertiary/aromatic N) is 1. The van der Waals surface area contributed by atoms with Crippen molar-refractivity contribution in [3.8, 4) is 0 Å². The van der Waals surface area contributed by atoms with Crippen molar-refractivity contribution in [3.63, 3.8) is 0 Å². The largest absolute Gasteiger partial charge is 0.483 e. The summed E-state index contributed by atoms with van der Waals surface area (Å²) in [5.74, 6) is 4.50. The van der Waals surface area contributed by atoms with Gasteiger partial charge in [-0.15, -0.1) is 0 Å². The molecule has 3 aliphatic rings. The molecule has 0 aromatic heterocycles. The predicted molar refractivity (Wildman–Crippen MR) is 67.6 cm³/mol. The summed E-state index contributed by atoms with van der Waals surface area (Å²) in [5.41, 5.74) is 0. The Hall–Kier alpha value is -0.570. The topological polar surface area (TPSA) is 37.3 Å². The molecule has 5 unspecified atom stereocenters. The van der Waals surface area contributed by atoms with E-state index in [1.807, 2.05) is 0 Å². The van der Waals surface area contributed by atoms with Gasteiger partial charge in [-0.25, -0.2) is 0 Å². The highest BCUT2D eigenvalue weighted by molar-refractivity contribution is 5.32. The molecule has 0 saturated heterocycles. The highest BCUT2D eigenvalue weighted by Gasteiger charge is 2.56. The second kappa shape index (κ2) is 4.60. The molecule has 0 radical (unpaired) electrons. The molecule has 0 aromatic rings. The molecule has 0 aromatic carbocycles. The lowest BCUT2D eigenvalue weighted by molar-refractivity contribution is -0.899. The number of carbonyl (C=O) groups is 1. The molecule has 3 saturated carbocycles. The Balaban J connectivity index is 0.000000329. The number of fused-ring (bicyclic) bond motifs is 5. The highest BCUT2D eigenvalue weighted by atomic mass is 16.3. The first-order chi connectivity index (χ1) is 7.99. The Kier molecular flexibility index (Phi) is 3.48. The molecule has 98 valence electrons. The Morgan fingerprint density at radius 3 is 2.24 bits per heavy atom. The van der Waals surface area contributed by atoms with Gasteiger partial charge in [-0.1, -0.05) is 0 Å². The molecule has 0 heterocycles. The van der Waals surface area contributed by atoms with Crippen LogP contribution in [0.5, 0.6) is 0 Å². The smallest absolute Gasteiger partial charge is 0.290 e. The molecule has 3 fully saturated rings. The molecule has 3 nitrogen and oxygen atoms in total. The highest BCUT2D eigenvalue weighted by Crippen LogP contribution is 2.59. The fourth-order valence-electron chi connectivity index (χ4n) is 4.94. The summed E-state index contributed by atoms with van der Waals surface area (Å²) in [4.78, 5) is 8.36. The Morgan fingerprint density at radius 1 is 1.06 bits per heavy atom. The van der Waals surface area contributed by atoms with Gasteiger partial charge in [0, 0.05) is 12.3 Å². The number of carboxylic acid groups (broad SMARTS) is 1. The van der Waals surface area contributed by atoms with E-state index in [1.54, 1.807) is 25.7 Å². The lowest BCUT2D eigenvalue weighted by atomic mass is 9.80. The van der Waals surface area contributed by atoms with Gasteiger partial charge >= 0.3 is 0 Å². The van der Waals surface area contributed by atoms with Crippen molar-refractivity contribution >= 4 is 6.47 Å². The molecular formula is C14H26NO2+. The molecule has 3 aliphatic carbocycles. The first kappa shape index (κ1) is 12.9. The fourth-order valence-corrected chi connectivity index (χ4v) is 4.94. The third-order valence-corrected chi connectivity index (χ3v) is 5.39. The van der Waals surface area contributed by atoms with Crippen LogP contribution in [0.4, 0.5) is 0 Å². The molecule has 1 N–H and O–H groups in total. The van der Waals surface area contributed by atoms with E-state index in [2.05, 4.69) is 21.1 Å². The van der Waals surface area contributed by atoms with Gasteiger partial charge in [0.1, 0.15) is 0 Å². The van der Waals surface area contributed by atoms with E-state index in [-0.39, 0.29) is 6.47 Å². The van der Waals surface area contributed by atoms with Crippen molar-refractivity contribution in [1.29, 1.82) is 0 Å². The minimum absolute atomic E-state index is 0.250. The minimum atomic E-state index is -0.250.